The normalized spacial score (nSPS) is 11.2. The summed E-state index contributed by atoms with van der Waals surface area (Å²) in [5, 5.41) is 3.06. The van der Waals surface area contributed by atoms with Gasteiger partial charge in [-0.1, -0.05) is 6.08 Å². The van der Waals surface area contributed by atoms with Gasteiger partial charge in [0.2, 0.25) is 10.0 Å². The van der Waals surface area contributed by atoms with Gasteiger partial charge in [0.15, 0.2) is 0 Å². The van der Waals surface area contributed by atoms with E-state index in [1.807, 2.05) is 0 Å². The zero-order valence-corrected chi connectivity index (χ0v) is 12.4. The molecule has 0 aliphatic heterocycles. The average Bonchev–Trinajstić information content (AvgIpc) is 2.44. The predicted octanol–water partition coefficient (Wildman–Crippen LogP) is 1.18. The van der Waals surface area contributed by atoms with Crippen LogP contribution in [0.5, 0.6) is 0 Å². The van der Waals surface area contributed by atoms with Gasteiger partial charge < -0.3 is 15.8 Å². The molecule has 0 radical (unpaired) electrons. The third kappa shape index (κ3) is 4.84. The Morgan fingerprint density at radius 3 is 2.80 bits per heavy atom. The van der Waals surface area contributed by atoms with Crippen molar-refractivity contribution in [2.45, 2.75) is 11.3 Å². The van der Waals surface area contributed by atoms with Gasteiger partial charge in [-0.15, -0.1) is 6.58 Å². The van der Waals surface area contributed by atoms with Crippen molar-refractivity contribution in [2.75, 3.05) is 37.9 Å². The van der Waals surface area contributed by atoms with Crippen molar-refractivity contribution >= 4 is 21.4 Å². The highest BCUT2D eigenvalue weighted by molar-refractivity contribution is 7.89. The van der Waals surface area contributed by atoms with Crippen molar-refractivity contribution in [1.29, 1.82) is 0 Å². The van der Waals surface area contributed by atoms with Gasteiger partial charge in [-0.3, -0.25) is 0 Å². The number of benzene rings is 1. The topological polar surface area (TPSA) is 93.4 Å². The molecule has 0 heterocycles. The molecule has 0 aliphatic carbocycles. The summed E-state index contributed by atoms with van der Waals surface area (Å²) < 4.78 is 31.0. The van der Waals surface area contributed by atoms with Crippen LogP contribution in [0.25, 0.3) is 0 Å². The maximum Gasteiger partial charge on any atom is 0.240 e. The molecule has 1 aromatic rings. The van der Waals surface area contributed by atoms with Crippen LogP contribution in [0.1, 0.15) is 6.42 Å². The second-order valence-corrected chi connectivity index (χ2v) is 5.96. The first kappa shape index (κ1) is 16.5. The first-order valence-electron chi connectivity index (χ1n) is 6.27. The number of nitrogens with one attached hydrogen (secondary N) is 2. The van der Waals surface area contributed by atoms with E-state index in [9.17, 15) is 8.42 Å². The number of nitrogens with two attached hydrogens (primary N) is 1. The molecular weight excluding hydrogens is 278 g/mol. The highest BCUT2D eigenvalue weighted by Crippen LogP contribution is 2.22. The molecule has 20 heavy (non-hydrogen) atoms. The molecule has 4 N–H and O–H groups in total. The van der Waals surface area contributed by atoms with E-state index in [-0.39, 0.29) is 4.90 Å². The summed E-state index contributed by atoms with van der Waals surface area (Å²) in [6, 6.07) is 4.53. The third-order valence-corrected chi connectivity index (χ3v) is 4.04. The Balaban J connectivity index is 2.61. The van der Waals surface area contributed by atoms with Crippen molar-refractivity contribution in [3.63, 3.8) is 0 Å². The highest BCUT2D eigenvalue weighted by atomic mass is 32.2. The monoisotopic (exact) mass is 299 g/mol. The van der Waals surface area contributed by atoms with E-state index < -0.39 is 10.0 Å². The average molecular weight is 299 g/mol. The molecule has 7 heteroatoms. The standard InChI is InChI=1S/C13H21N3O3S/c1-3-4-8-19-9-7-16-13-10-11(5-6-12(13)14)20(17,18)15-2/h3,5-6,10,15-16H,1,4,7-9,14H2,2H3. The summed E-state index contributed by atoms with van der Waals surface area (Å²) in [6.07, 6.45) is 2.59. The number of rotatable bonds is 9. The van der Waals surface area contributed by atoms with Crippen LogP contribution in [0.3, 0.4) is 0 Å². The molecule has 0 bridgehead atoms. The summed E-state index contributed by atoms with van der Waals surface area (Å²) in [4.78, 5) is 0.171. The Bertz CT molecular complexity index is 544. The third-order valence-electron chi connectivity index (χ3n) is 2.63. The van der Waals surface area contributed by atoms with Crippen molar-refractivity contribution in [3.05, 3.63) is 30.9 Å². The molecule has 0 fully saturated rings. The molecule has 1 rings (SSSR count). The van der Waals surface area contributed by atoms with Crippen LogP contribution in [0, 0.1) is 0 Å². The van der Waals surface area contributed by atoms with Crippen LogP contribution in [-0.2, 0) is 14.8 Å². The fourth-order valence-electron chi connectivity index (χ4n) is 1.50. The lowest BCUT2D eigenvalue weighted by Crippen LogP contribution is -2.19. The predicted molar refractivity (Wildman–Crippen MR) is 81.2 cm³/mol. The molecule has 0 aromatic heterocycles. The van der Waals surface area contributed by atoms with Crippen LogP contribution in [0.15, 0.2) is 35.7 Å². The van der Waals surface area contributed by atoms with Crippen LogP contribution in [0.4, 0.5) is 11.4 Å². The lowest BCUT2D eigenvalue weighted by molar-refractivity contribution is 0.149. The minimum absolute atomic E-state index is 0.171. The molecule has 6 nitrogen and oxygen atoms in total. The van der Waals surface area contributed by atoms with Gasteiger partial charge in [-0.05, 0) is 31.7 Å². The number of sulfonamides is 1. The summed E-state index contributed by atoms with van der Waals surface area (Å²) in [5.74, 6) is 0. The first-order valence-corrected chi connectivity index (χ1v) is 7.75. The van der Waals surface area contributed by atoms with Crippen LogP contribution in [0.2, 0.25) is 0 Å². The maximum atomic E-state index is 11.7. The molecule has 0 amide bonds. The van der Waals surface area contributed by atoms with Gasteiger partial charge in [0.05, 0.1) is 29.5 Å². The minimum atomic E-state index is -3.47. The fraction of sp³-hybridized carbons (Fsp3) is 0.385. The largest absolute Gasteiger partial charge is 0.397 e. The molecular formula is C13H21N3O3S. The SMILES string of the molecule is C=CCCOCCNc1cc(S(=O)(=O)NC)ccc1N. The Kier molecular flexibility index (Phi) is 6.50. The number of hydrogen-bond acceptors (Lipinski definition) is 5. The zero-order chi connectivity index (χ0) is 15.0. The van der Waals surface area contributed by atoms with Gasteiger partial charge in [-0.25, -0.2) is 13.1 Å². The lowest BCUT2D eigenvalue weighted by Gasteiger charge is -2.11. The van der Waals surface area contributed by atoms with Crippen molar-refractivity contribution in [3.8, 4) is 0 Å². The van der Waals surface area contributed by atoms with Crippen molar-refractivity contribution < 1.29 is 13.2 Å². The summed E-state index contributed by atoms with van der Waals surface area (Å²) >= 11 is 0. The van der Waals surface area contributed by atoms with Crippen LogP contribution < -0.4 is 15.8 Å². The minimum Gasteiger partial charge on any atom is -0.397 e. The Hall–Kier alpha value is -1.57. The second kappa shape index (κ2) is 7.88. The molecule has 112 valence electrons. The molecule has 0 saturated heterocycles. The number of anilines is 2. The van der Waals surface area contributed by atoms with E-state index in [1.165, 1.54) is 19.2 Å². The van der Waals surface area contributed by atoms with E-state index >= 15 is 0 Å². The Labute approximate surface area is 120 Å². The van der Waals surface area contributed by atoms with Gasteiger partial charge >= 0.3 is 0 Å². The number of hydrogen-bond donors (Lipinski definition) is 3. The van der Waals surface area contributed by atoms with Gasteiger partial charge in [-0.2, -0.15) is 0 Å². The Morgan fingerprint density at radius 1 is 1.40 bits per heavy atom. The van der Waals surface area contributed by atoms with E-state index in [0.29, 0.717) is 31.1 Å². The van der Waals surface area contributed by atoms with E-state index in [0.717, 1.165) is 6.42 Å². The van der Waals surface area contributed by atoms with Gasteiger partial charge in [0, 0.05) is 6.54 Å². The molecule has 0 atom stereocenters. The summed E-state index contributed by atoms with van der Waals surface area (Å²) in [7, 11) is -2.10. The molecule has 0 unspecified atom stereocenters. The van der Waals surface area contributed by atoms with Crippen molar-refractivity contribution in [1.82, 2.24) is 4.72 Å². The van der Waals surface area contributed by atoms with Gasteiger partial charge in [0.25, 0.3) is 0 Å². The quantitative estimate of drug-likeness (QED) is 0.362. The first-order chi connectivity index (χ1) is 9.51. The number of nitrogen functional groups attached to an aromatic ring is 1. The summed E-state index contributed by atoms with van der Waals surface area (Å²) in [6.45, 7) is 5.28. The zero-order valence-electron chi connectivity index (χ0n) is 11.6. The fourth-order valence-corrected chi connectivity index (χ4v) is 2.26. The number of ether oxygens (including phenoxy) is 1. The van der Waals surface area contributed by atoms with Gasteiger partial charge in [0.1, 0.15) is 0 Å². The van der Waals surface area contributed by atoms with Crippen LogP contribution >= 0.6 is 0 Å². The van der Waals surface area contributed by atoms with E-state index in [4.69, 9.17) is 10.5 Å². The second-order valence-electron chi connectivity index (χ2n) is 4.07. The highest BCUT2D eigenvalue weighted by Gasteiger charge is 2.12. The summed E-state index contributed by atoms with van der Waals surface area (Å²) in [5.41, 5.74) is 6.87. The maximum absolute atomic E-state index is 11.7. The molecule has 1 aromatic carbocycles. The van der Waals surface area contributed by atoms with E-state index in [2.05, 4.69) is 16.6 Å². The smallest absolute Gasteiger partial charge is 0.240 e. The van der Waals surface area contributed by atoms with Crippen LogP contribution in [-0.4, -0.2) is 35.2 Å². The lowest BCUT2D eigenvalue weighted by atomic mass is 10.2. The van der Waals surface area contributed by atoms with E-state index in [1.54, 1.807) is 12.1 Å². The van der Waals surface area contributed by atoms with Crippen molar-refractivity contribution in [2.24, 2.45) is 0 Å². The molecule has 0 spiro atoms. The molecule has 0 saturated carbocycles. The Morgan fingerprint density at radius 2 is 2.15 bits per heavy atom. The molecule has 0 aliphatic rings.